The van der Waals surface area contributed by atoms with Crippen LogP contribution < -0.4 is 5.32 Å². The average molecular weight is 199 g/mol. The van der Waals surface area contributed by atoms with Crippen molar-refractivity contribution in [2.45, 2.75) is 19.4 Å². The predicted molar refractivity (Wildman–Crippen MR) is 58.0 cm³/mol. The van der Waals surface area contributed by atoms with Crippen molar-refractivity contribution in [3.8, 4) is 0 Å². The molecule has 13 heavy (non-hydrogen) atoms. The Morgan fingerprint density at radius 3 is 3.08 bits per heavy atom. The summed E-state index contributed by atoms with van der Waals surface area (Å²) >= 11 is 1.91. The highest BCUT2D eigenvalue weighted by Crippen LogP contribution is 2.00. The molecule has 0 aliphatic heterocycles. The molecule has 0 spiro atoms. The molecule has 1 aromatic heterocycles. The van der Waals surface area contributed by atoms with Gasteiger partial charge in [-0.05, 0) is 37.5 Å². The molecule has 74 valence electrons. The minimum Gasteiger partial charge on any atom is -0.472 e. The Kier molecular flexibility index (Phi) is 5.78. The molecule has 0 radical (unpaired) electrons. The summed E-state index contributed by atoms with van der Waals surface area (Å²) in [5, 5.41) is 3.38. The summed E-state index contributed by atoms with van der Waals surface area (Å²) in [5.74, 6) is 1.27. The Bertz CT molecular complexity index is 199. The molecule has 0 aromatic carbocycles. The predicted octanol–water partition coefficient (Wildman–Crippen LogP) is 2.51. The van der Waals surface area contributed by atoms with E-state index in [4.69, 9.17) is 4.42 Å². The maximum Gasteiger partial charge on any atom is 0.0947 e. The number of nitrogens with one attached hydrogen (secondary N) is 1. The van der Waals surface area contributed by atoms with Crippen molar-refractivity contribution in [2.75, 3.05) is 18.6 Å². The minimum atomic E-state index is 0.926. The lowest BCUT2D eigenvalue weighted by molar-refractivity contribution is 0.559. The number of thioether (sulfide) groups is 1. The van der Waals surface area contributed by atoms with Crippen molar-refractivity contribution in [1.82, 2.24) is 5.32 Å². The molecule has 1 N–H and O–H groups in total. The molecule has 1 heterocycles. The van der Waals surface area contributed by atoms with Gasteiger partial charge in [0.2, 0.25) is 0 Å². The third kappa shape index (κ3) is 5.01. The van der Waals surface area contributed by atoms with Gasteiger partial charge in [-0.15, -0.1) is 0 Å². The first-order valence-electron chi connectivity index (χ1n) is 4.64. The van der Waals surface area contributed by atoms with E-state index < -0.39 is 0 Å². The maximum absolute atomic E-state index is 4.97. The second kappa shape index (κ2) is 7.04. The van der Waals surface area contributed by atoms with Crippen molar-refractivity contribution in [3.05, 3.63) is 24.2 Å². The number of furan rings is 1. The van der Waals surface area contributed by atoms with E-state index in [0.717, 1.165) is 13.1 Å². The first-order valence-corrected chi connectivity index (χ1v) is 6.03. The van der Waals surface area contributed by atoms with Crippen molar-refractivity contribution in [3.63, 3.8) is 0 Å². The lowest BCUT2D eigenvalue weighted by Crippen LogP contribution is -2.14. The van der Waals surface area contributed by atoms with Gasteiger partial charge < -0.3 is 9.73 Å². The van der Waals surface area contributed by atoms with Crippen LogP contribution in [-0.4, -0.2) is 18.6 Å². The Morgan fingerprint density at radius 1 is 1.46 bits per heavy atom. The molecular weight excluding hydrogens is 182 g/mol. The van der Waals surface area contributed by atoms with Gasteiger partial charge in [-0.2, -0.15) is 11.8 Å². The van der Waals surface area contributed by atoms with Crippen LogP contribution in [0.5, 0.6) is 0 Å². The summed E-state index contributed by atoms with van der Waals surface area (Å²) in [6.07, 6.45) is 8.22. The minimum absolute atomic E-state index is 0.926. The topological polar surface area (TPSA) is 25.2 Å². The highest BCUT2D eigenvalue weighted by Gasteiger charge is 1.92. The van der Waals surface area contributed by atoms with E-state index in [1.165, 1.54) is 24.2 Å². The SMILES string of the molecule is CSCCCCNCc1ccoc1. The maximum atomic E-state index is 4.97. The van der Waals surface area contributed by atoms with E-state index >= 15 is 0 Å². The molecule has 0 amide bonds. The molecule has 0 aliphatic carbocycles. The summed E-state index contributed by atoms with van der Waals surface area (Å²) in [6, 6.07) is 1.99. The number of rotatable bonds is 7. The van der Waals surface area contributed by atoms with Crippen molar-refractivity contribution in [2.24, 2.45) is 0 Å². The van der Waals surface area contributed by atoms with E-state index in [1.807, 2.05) is 17.8 Å². The first kappa shape index (κ1) is 10.7. The standard InChI is InChI=1S/C10H17NOS/c1-13-7-3-2-5-11-8-10-4-6-12-9-10/h4,6,9,11H,2-3,5,7-8H2,1H3. The lowest BCUT2D eigenvalue weighted by Gasteiger charge is -2.01. The molecule has 0 fully saturated rings. The molecule has 0 aliphatic rings. The van der Waals surface area contributed by atoms with Crippen molar-refractivity contribution >= 4 is 11.8 Å². The summed E-state index contributed by atoms with van der Waals surface area (Å²) in [6.45, 7) is 2.03. The fraction of sp³-hybridized carbons (Fsp3) is 0.600. The van der Waals surface area contributed by atoms with Crippen LogP contribution in [0.3, 0.4) is 0 Å². The number of hydrogen-bond donors (Lipinski definition) is 1. The summed E-state index contributed by atoms with van der Waals surface area (Å²) < 4.78 is 4.97. The quantitative estimate of drug-likeness (QED) is 0.683. The molecule has 0 saturated heterocycles. The van der Waals surface area contributed by atoms with Gasteiger partial charge >= 0.3 is 0 Å². The average Bonchev–Trinajstić information content (AvgIpc) is 2.63. The fourth-order valence-corrected chi connectivity index (χ4v) is 1.62. The van der Waals surface area contributed by atoms with Crippen LogP contribution in [0, 0.1) is 0 Å². The summed E-state index contributed by atoms with van der Waals surface area (Å²) in [4.78, 5) is 0. The highest BCUT2D eigenvalue weighted by atomic mass is 32.2. The Labute approximate surface area is 84.1 Å². The van der Waals surface area contributed by atoms with Crippen LogP contribution in [0.1, 0.15) is 18.4 Å². The molecule has 0 bridgehead atoms. The van der Waals surface area contributed by atoms with Gasteiger partial charge in [-0.3, -0.25) is 0 Å². The number of hydrogen-bond acceptors (Lipinski definition) is 3. The van der Waals surface area contributed by atoms with Crippen molar-refractivity contribution in [1.29, 1.82) is 0 Å². The van der Waals surface area contributed by atoms with Gasteiger partial charge in [0.15, 0.2) is 0 Å². The first-order chi connectivity index (χ1) is 6.43. The normalized spacial score (nSPS) is 10.5. The van der Waals surface area contributed by atoms with E-state index in [9.17, 15) is 0 Å². The molecule has 0 atom stereocenters. The molecule has 0 unspecified atom stereocenters. The lowest BCUT2D eigenvalue weighted by atomic mass is 10.3. The van der Waals surface area contributed by atoms with E-state index in [2.05, 4.69) is 11.6 Å². The van der Waals surface area contributed by atoms with Gasteiger partial charge in [0.25, 0.3) is 0 Å². The smallest absolute Gasteiger partial charge is 0.0947 e. The Balaban J connectivity index is 1.90. The van der Waals surface area contributed by atoms with Crippen LogP contribution in [0.15, 0.2) is 23.0 Å². The van der Waals surface area contributed by atoms with E-state index in [-0.39, 0.29) is 0 Å². The third-order valence-corrected chi connectivity index (χ3v) is 2.56. The molecular formula is C10H17NOS. The van der Waals surface area contributed by atoms with Gasteiger partial charge in [-0.25, -0.2) is 0 Å². The molecule has 3 heteroatoms. The highest BCUT2D eigenvalue weighted by molar-refractivity contribution is 7.98. The van der Waals surface area contributed by atoms with E-state index in [1.54, 1.807) is 12.5 Å². The van der Waals surface area contributed by atoms with Crippen LogP contribution in [0.25, 0.3) is 0 Å². The summed E-state index contributed by atoms with van der Waals surface area (Å²) in [5.41, 5.74) is 1.23. The molecule has 1 aromatic rings. The van der Waals surface area contributed by atoms with Crippen LogP contribution in [-0.2, 0) is 6.54 Å². The third-order valence-electron chi connectivity index (χ3n) is 1.86. The zero-order valence-electron chi connectivity index (χ0n) is 8.08. The van der Waals surface area contributed by atoms with Gasteiger partial charge in [0, 0.05) is 12.1 Å². The van der Waals surface area contributed by atoms with Crippen LogP contribution in [0.2, 0.25) is 0 Å². The van der Waals surface area contributed by atoms with Gasteiger partial charge in [0.1, 0.15) is 0 Å². The summed E-state index contributed by atoms with van der Waals surface area (Å²) in [7, 11) is 0. The van der Waals surface area contributed by atoms with Crippen LogP contribution >= 0.6 is 11.8 Å². The Hall–Kier alpha value is -0.410. The molecule has 1 rings (SSSR count). The molecule has 2 nitrogen and oxygen atoms in total. The zero-order chi connectivity index (χ0) is 9.36. The van der Waals surface area contributed by atoms with E-state index in [0.29, 0.717) is 0 Å². The zero-order valence-corrected chi connectivity index (χ0v) is 8.90. The van der Waals surface area contributed by atoms with Crippen LogP contribution in [0.4, 0.5) is 0 Å². The van der Waals surface area contributed by atoms with Gasteiger partial charge in [0.05, 0.1) is 12.5 Å². The second-order valence-electron chi connectivity index (χ2n) is 3.01. The van der Waals surface area contributed by atoms with Crippen molar-refractivity contribution < 1.29 is 4.42 Å². The second-order valence-corrected chi connectivity index (χ2v) is 3.99. The molecule has 0 saturated carbocycles. The van der Waals surface area contributed by atoms with Gasteiger partial charge in [-0.1, -0.05) is 0 Å². The monoisotopic (exact) mass is 199 g/mol. The fourth-order valence-electron chi connectivity index (χ4n) is 1.12. The number of unbranched alkanes of at least 4 members (excludes halogenated alkanes) is 1. The largest absolute Gasteiger partial charge is 0.472 e. The Morgan fingerprint density at radius 2 is 2.38 bits per heavy atom.